The van der Waals surface area contributed by atoms with Gasteiger partial charge in [-0.2, -0.15) is 0 Å². The largest absolute Gasteiger partial charge is 0.322 e. The minimum absolute atomic E-state index is 0. The van der Waals surface area contributed by atoms with Gasteiger partial charge in [0, 0.05) is 0 Å². The van der Waals surface area contributed by atoms with E-state index >= 15 is 0 Å². The van der Waals surface area contributed by atoms with Gasteiger partial charge in [-0.1, -0.05) is 0 Å². The van der Waals surface area contributed by atoms with Crippen molar-refractivity contribution >= 4 is 28.8 Å². The zero-order valence-corrected chi connectivity index (χ0v) is 9.38. The maximum Gasteiger partial charge on any atom is 0.244 e. The number of carbonyl (C=O) groups excluding carboxylic acids is 2. The van der Waals surface area contributed by atoms with E-state index in [2.05, 4.69) is 5.32 Å². The van der Waals surface area contributed by atoms with Crippen LogP contribution in [0.2, 0.25) is 0 Å². The van der Waals surface area contributed by atoms with Crippen LogP contribution < -0.4 is 11.1 Å². The Balaban J connectivity index is 0.00000144. The molecule has 2 amide bonds. The molecule has 0 bridgehead atoms. The molecule has 1 saturated heterocycles. The lowest BCUT2D eigenvalue weighted by molar-refractivity contribution is -0.145. The molecule has 0 aromatic carbocycles. The molecule has 1 aliphatic rings. The number of halogens is 1. The van der Waals surface area contributed by atoms with Crippen LogP contribution in [-0.4, -0.2) is 35.5 Å². The van der Waals surface area contributed by atoms with E-state index in [-0.39, 0.29) is 41.9 Å². The third-order valence-corrected chi connectivity index (χ3v) is 1.90. The van der Waals surface area contributed by atoms with Crippen LogP contribution in [0.5, 0.6) is 0 Å². The van der Waals surface area contributed by atoms with Crippen molar-refractivity contribution in [3.05, 3.63) is 0 Å². The first-order chi connectivity index (χ1) is 5.49. The topological polar surface area (TPSA) is 75.4 Å². The van der Waals surface area contributed by atoms with E-state index in [1.165, 1.54) is 4.90 Å². The summed E-state index contributed by atoms with van der Waals surface area (Å²) >= 11 is 0. The first kappa shape index (κ1) is 12.5. The number of carbonyl (C=O) groups is 2. The SMILES string of the molecule is Br.CC1(C)NCC(=O)N1C(=O)CN. The molecule has 0 radical (unpaired) electrons. The fraction of sp³-hybridized carbons (Fsp3) is 0.714. The zero-order valence-electron chi connectivity index (χ0n) is 7.66. The van der Waals surface area contributed by atoms with E-state index in [1.54, 1.807) is 13.8 Å². The van der Waals surface area contributed by atoms with Gasteiger partial charge in [-0.25, -0.2) is 0 Å². The molecule has 0 atom stereocenters. The fourth-order valence-electron chi connectivity index (χ4n) is 1.30. The summed E-state index contributed by atoms with van der Waals surface area (Å²) in [6, 6.07) is 0. The van der Waals surface area contributed by atoms with Crippen LogP contribution in [0.15, 0.2) is 0 Å². The van der Waals surface area contributed by atoms with Crippen LogP contribution in [0, 0.1) is 0 Å². The molecular formula is C7H14BrN3O2. The van der Waals surface area contributed by atoms with Crippen molar-refractivity contribution in [1.29, 1.82) is 0 Å². The smallest absolute Gasteiger partial charge is 0.244 e. The van der Waals surface area contributed by atoms with Crippen molar-refractivity contribution in [3.63, 3.8) is 0 Å². The second-order valence-corrected chi connectivity index (χ2v) is 3.24. The van der Waals surface area contributed by atoms with Gasteiger partial charge in [0.05, 0.1) is 18.8 Å². The maximum absolute atomic E-state index is 11.2. The highest BCUT2D eigenvalue weighted by molar-refractivity contribution is 8.93. The summed E-state index contributed by atoms with van der Waals surface area (Å²) in [6.45, 7) is 3.62. The van der Waals surface area contributed by atoms with Gasteiger partial charge >= 0.3 is 0 Å². The van der Waals surface area contributed by atoms with Gasteiger partial charge in [0.25, 0.3) is 0 Å². The number of nitrogens with two attached hydrogens (primary N) is 1. The Bertz CT molecular complexity index is 230. The summed E-state index contributed by atoms with van der Waals surface area (Å²) in [6.07, 6.45) is 0. The third kappa shape index (κ3) is 2.26. The quantitative estimate of drug-likeness (QED) is 0.641. The lowest BCUT2D eigenvalue weighted by Crippen LogP contribution is -2.51. The molecule has 0 aromatic rings. The molecule has 0 saturated carbocycles. The monoisotopic (exact) mass is 251 g/mol. The summed E-state index contributed by atoms with van der Waals surface area (Å²) < 4.78 is 0. The van der Waals surface area contributed by atoms with Gasteiger partial charge in [-0.3, -0.25) is 19.8 Å². The van der Waals surface area contributed by atoms with Gasteiger partial charge in [-0.15, -0.1) is 17.0 Å². The molecule has 0 spiro atoms. The molecule has 6 heteroatoms. The lowest BCUT2D eigenvalue weighted by Gasteiger charge is -2.28. The lowest BCUT2D eigenvalue weighted by atomic mass is 10.2. The van der Waals surface area contributed by atoms with E-state index in [0.717, 1.165) is 0 Å². The van der Waals surface area contributed by atoms with Gasteiger partial charge in [0.15, 0.2) is 0 Å². The van der Waals surface area contributed by atoms with E-state index in [1.807, 2.05) is 0 Å². The van der Waals surface area contributed by atoms with Gasteiger partial charge in [-0.05, 0) is 13.8 Å². The molecule has 0 unspecified atom stereocenters. The van der Waals surface area contributed by atoms with Crippen molar-refractivity contribution in [2.75, 3.05) is 13.1 Å². The first-order valence-electron chi connectivity index (χ1n) is 3.80. The number of hydrogen-bond donors (Lipinski definition) is 2. The highest BCUT2D eigenvalue weighted by atomic mass is 79.9. The van der Waals surface area contributed by atoms with Gasteiger partial charge in [0.2, 0.25) is 11.8 Å². The normalized spacial score (nSPS) is 19.9. The molecular weight excluding hydrogens is 238 g/mol. The van der Waals surface area contributed by atoms with E-state index in [4.69, 9.17) is 5.73 Å². The fourth-order valence-corrected chi connectivity index (χ4v) is 1.30. The van der Waals surface area contributed by atoms with Crippen LogP contribution in [0.1, 0.15) is 13.8 Å². The van der Waals surface area contributed by atoms with Crippen molar-refractivity contribution in [1.82, 2.24) is 10.2 Å². The zero-order chi connectivity index (χ0) is 9.35. The van der Waals surface area contributed by atoms with E-state index < -0.39 is 5.66 Å². The highest BCUT2D eigenvalue weighted by Crippen LogP contribution is 2.16. The van der Waals surface area contributed by atoms with Crippen LogP contribution in [0.4, 0.5) is 0 Å². The summed E-state index contributed by atoms with van der Waals surface area (Å²) in [5.74, 6) is -0.551. The number of nitrogens with one attached hydrogen (secondary N) is 1. The number of rotatable bonds is 1. The summed E-state index contributed by atoms with van der Waals surface area (Å²) in [4.78, 5) is 23.5. The summed E-state index contributed by atoms with van der Waals surface area (Å²) in [5, 5.41) is 2.91. The Morgan fingerprint density at radius 2 is 2.23 bits per heavy atom. The maximum atomic E-state index is 11.2. The standard InChI is InChI=1S/C7H13N3O2.BrH/c1-7(2)9-4-6(12)10(7)5(11)3-8;/h9H,3-4,8H2,1-2H3;1H. The second-order valence-electron chi connectivity index (χ2n) is 3.24. The average molecular weight is 252 g/mol. The molecule has 1 fully saturated rings. The molecule has 0 aromatic heterocycles. The Hall–Kier alpha value is -0.460. The third-order valence-electron chi connectivity index (χ3n) is 1.90. The Morgan fingerprint density at radius 3 is 2.54 bits per heavy atom. The first-order valence-corrected chi connectivity index (χ1v) is 3.80. The molecule has 1 aliphatic heterocycles. The summed E-state index contributed by atoms with van der Waals surface area (Å²) in [5.41, 5.74) is 4.57. The second kappa shape index (κ2) is 4.17. The van der Waals surface area contributed by atoms with Crippen LogP contribution in [0.3, 0.4) is 0 Å². The predicted molar refractivity (Wildman–Crippen MR) is 53.3 cm³/mol. The van der Waals surface area contributed by atoms with Crippen molar-refractivity contribution in [2.45, 2.75) is 19.5 Å². The van der Waals surface area contributed by atoms with E-state index in [9.17, 15) is 9.59 Å². The minimum atomic E-state index is -0.590. The Labute approximate surface area is 87.4 Å². The van der Waals surface area contributed by atoms with Crippen molar-refractivity contribution in [2.24, 2.45) is 5.73 Å². The van der Waals surface area contributed by atoms with Crippen LogP contribution in [0.25, 0.3) is 0 Å². The molecule has 0 aliphatic carbocycles. The molecule has 13 heavy (non-hydrogen) atoms. The van der Waals surface area contributed by atoms with Gasteiger partial charge < -0.3 is 5.73 Å². The molecule has 76 valence electrons. The molecule has 1 heterocycles. The van der Waals surface area contributed by atoms with Crippen molar-refractivity contribution < 1.29 is 9.59 Å². The number of imide groups is 1. The Morgan fingerprint density at radius 1 is 1.69 bits per heavy atom. The minimum Gasteiger partial charge on any atom is -0.322 e. The van der Waals surface area contributed by atoms with Crippen LogP contribution >= 0.6 is 17.0 Å². The predicted octanol–water partition coefficient (Wildman–Crippen LogP) is -0.782. The van der Waals surface area contributed by atoms with Crippen molar-refractivity contribution in [3.8, 4) is 0 Å². The highest BCUT2D eigenvalue weighted by Gasteiger charge is 2.40. The molecule has 5 nitrogen and oxygen atoms in total. The van der Waals surface area contributed by atoms with Gasteiger partial charge in [0.1, 0.15) is 0 Å². The average Bonchev–Trinajstić information content (AvgIpc) is 2.25. The molecule has 1 rings (SSSR count). The number of nitrogens with zero attached hydrogens (tertiary/aromatic N) is 1. The number of hydrogen-bond acceptors (Lipinski definition) is 4. The van der Waals surface area contributed by atoms with E-state index in [0.29, 0.717) is 0 Å². The Kier molecular flexibility index (Phi) is 4.02. The number of amides is 2. The molecule has 3 N–H and O–H groups in total. The van der Waals surface area contributed by atoms with Crippen LogP contribution in [-0.2, 0) is 9.59 Å². The summed E-state index contributed by atoms with van der Waals surface area (Å²) in [7, 11) is 0.